The highest BCUT2D eigenvalue weighted by Gasteiger charge is 2.14. The second-order valence-electron chi connectivity index (χ2n) is 4.56. The molecule has 1 amide bonds. The van der Waals surface area contributed by atoms with Crippen LogP contribution in [0.5, 0.6) is 0 Å². The van der Waals surface area contributed by atoms with Crippen LogP contribution in [0.25, 0.3) is 11.4 Å². The number of hydrogen-bond acceptors (Lipinski definition) is 5. The van der Waals surface area contributed by atoms with Crippen LogP contribution in [0, 0.1) is 6.92 Å². The van der Waals surface area contributed by atoms with Crippen molar-refractivity contribution < 1.29 is 14.1 Å². The Morgan fingerprint density at radius 2 is 2.25 bits per heavy atom. The zero-order valence-electron chi connectivity index (χ0n) is 11.8. The van der Waals surface area contributed by atoms with Crippen molar-refractivity contribution in [3.05, 3.63) is 35.7 Å². The number of ether oxygens (including phenoxy) is 1. The van der Waals surface area contributed by atoms with E-state index in [1.54, 1.807) is 7.05 Å². The van der Waals surface area contributed by atoms with Gasteiger partial charge in [-0.3, -0.25) is 4.79 Å². The molecule has 0 N–H and O–H groups in total. The summed E-state index contributed by atoms with van der Waals surface area (Å²) < 4.78 is 9.95. The van der Waals surface area contributed by atoms with Crippen molar-refractivity contribution in [3.8, 4) is 11.4 Å². The van der Waals surface area contributed by atoms with Gasteiger partial charge in [0.25, 0.3) is 0 Å². The lowest BCUT2D eigenvalue weighted by Crippen LogP contribution is -2.29. The highest BCUT2D eigenvalue weighted by molar-refractivity contribution is 5.77. The molecule has 1 aromatic carbocycles. The third-order valence-corrected chi connectivity index (χ3v) is 2.81. The van der Waals surface area contributed by atoms with Crippen molar-refractivity contribution >= 4 is 5.91 Å². The van der Waals surface area contributed by atoms with E-state index in [1.807, 2.05) is 31.2 Å². The first-order valence-corrected chi connectivity index (χ1v) is 6.22. The van der Waals surface area contributed by atoms with E-state index in [2.05, 4.69) is 10.1 Å². The summed E-state index contributed by atoms with van der Waals surface area (Å²) in [7, 11) is 3.15. The number of hydrogen-bond donors (Lipinski definition) is 0. The monoisotopic (exact) mass is 275 g/mol. The predicted octanol–water partition coefficient (Wildman–Crippen LogP) is 1.65. The molecule has 106 valence electrons. The Morgan fingerprint density at radius 3 is 2.95 bits per heavy atom. The second kappa shape index (κ2) is 6.29. The first kappa shape index (κ1) is 14.2. The minimum Gasteiger partial charge on any atom is -0.375 e. The fourth-order valence-electron chi connectivity index (χ4n) is 1.75. The van der Waals surface area contributed by atoms with Crippen molar-refractivity contribution in [2.24, 2.45) is 0 Å². The quantitative estimate of drug-likeness (QED) is 0.830. The van der Waals surface area contributed by atoms with Gasteiger partial charge in [-0.05, 0) is 13.0 Å². The van der Waals surface area contributed by atoms with Crippen LogP contribution in [0.4, 0.5) is 0 Å². The van der Waals surface area contributed by atoms with Gasteiger partial charge in [0.2, 0.25) is 17.6 Å². The van der Waals surface area contributed by atoms with E-state index < -0.39 is 0 Å². The van der Waals surface area contributed by atoms with Gasteiger partial charge < -0.3 is 14.2 Å². The molecule has 0 aliphatic carbocycles. The molecule has 0 saturated carbocycles. The molecule has 6 heteroatoms. The predicted molar refractivity (Wildman–Crippen MR) is 72.8 cm³/mol. The second-order valence-corrected chi connectivity index (χ2v) is 4.56. The van der Waals surface area contributed by atoms with Crippen LogP contribution >= 0.6 is 0 Å². The molecule has 0 unspecified atom stereocenters. The van der Waals surface area contributed by atoms with Gasteiger partial charge in [-0.25, -0.2) is 0 Å². The van der Waals surface area contributed by atoms with Gasteiger partial charge >= 0.3 is 0 Å². The van der Waals surface area contributed by atoms with Gasteiger partial charge in [0.1, 0.15) is 6.61 Å². The molecule has 0 bridgehead atoms. The van der Waals surface area contributed by atoms with Gasteiger partial charge in [-0.15, -0.1) is 0 Å². The van der Waals surface area contributed by atoms with Crippen molar-refractivity contribution in [2.75, 3.05) is 20.8 Å². The Morgan fingerprint density at radius 1 is 1.45 bits per heavy atom. The molecule has 1 heterocycles. The Labute approximate surface area is 117 Å². The number of aromatic nitrogens is 2. The zero-order valence-corrected chi connectivity index (χ0v) is 11.8. The van der Waals surface area contributed by atoms with E-state index in [-0.39, 0.29) is 19.1 Å². The van der Waals surface area contributed by atoms with Crippen LogP contribution in [0.2, 0.25) is 0 Å². The van der Waals surface area contributed by atoms with Crippen LogP contribution in [-0.2, 0) is 16.1 Å². The lowest BCUT2D eigenvalue weighted by atomic mass is 10.1. The molecule has 2 aromatic rings. The smallest absolute Gasteiger partial charge is 0.248 e. The fraction of sp³-hybridized carbons (Fsp3) is 0.357. The molecular formula is C14H17N3O3. The van der Waals surface area contributed by atoms with E-state index in [4.69, 9.17) is 9.26 Å². The Hall–Kier alpha value is -2.21. The van der Waals surface area contributed by atoms with E-state index >= 15 is 0 Å². The molecule has 20 heavy (non-hydrogen) atoms. The molecule has 0 aliphatic rings. The molecule has 0 spiro atoms. The van der Waals surface area contributed by atoms with E-state index in [0.717, 1.165) is 11.1 Å². The summed E-state index contributed by atoms with van der Waals surface area (Å²) in [5.74, 6) is 0.785. The first-order chi connectivity index (χ1) is 9.60. The maximum absolute atomic E-state index is 11.6. The molecular weight excluding hydrogens is 258 g/mol. The number of methoxy groups -OCH3 is 1. The number of nitrogens with zero attached hydrogens (tertiary/aromatic N) is 3. The summed E-state index contributed by atoms with van der Waals surface area (Å²) in [6.07, 6.45) is 0. The van der Waals surface area contributed by atoms with E-state index in [0.29, 0.717) is 11.7 Å². The van der Waals surface area contributed by atoms with Crippen LogP contribution in [0.1, 0.15) is 11.5 Å². The lowest BCUT2D eigenvalue weighted by molar-refractivity contribution is -0.134. The van der Waals surface area contributed by atoms with Crippen LogP contribution in [0.3, 0.4) is 0 Å². The molecule has 6 nitrogen and oxygen atoms in total. The average Bonchev–Trinajstić information content (AvgIpc) is 2.87. The first-order valence-electron chi connectivity index (χ1n) is 6.22. The topological polar surface area (TPSA) is 68.5 Å². The van der Waals surface area contributed by atoms with Crippen LogP contribution in [0.15, 0.2) is 28.8 Å². The number of carbonyl (C=O) groups is 1. The number of benzene rings is 1. The summed E-state index contributed by atoms with van der Waals surface area (Å²) >= 11 is 0. The minimum atomic E-state index is -0.136. The molecule has 0 radical (unpaired) electrons. The largest absolute Gasteiger partial charge is 0.375 e. The molecule has 0 atom stereocenters. The summed E-state index contributed by atoms with van der Waals surface area (Å²) in [5, 5.41) is 3.93. The summed E-state index contributed by atoms with van der Waals surface area (Å²) in [6.45, 7) is 2.30. The van der Waals surface area contributed by atoms with Gasteiger partial charge in [0.15, 0.2) is 0 Å². The number of rotatable bonds is 5. The zero-order chi connectivity index (χ0) is 14.5. The molecule has 2 rings (SSSR count). The number of carbonyl (C=O) groups excluding carboxylic acids is 1. The highest BCUT2D eigenvalue weighted by Crippen LogP contribution is 2.17. The maximum Gasteiger partial charge on any atom is 0.248 e. The Kier molecular flexibility index (Phi) is 4.47. The standard InChI is InChI=1S/C14H17N3O3/c1-10-5-4-6-11(7-10)14-15-12(20-16-14)8-17(2)13(18)9-19-3/h4-7H,8-9H2,1-3H3. The summed E-state index contributed by atoms with van der Waals surface area (Å²) in [6, 6.07) is 7.84. The Bertz CT molecular complexity index is 595. The molecule has 0 aliphatic heterocycles. The van der Waals surface area contributed by atoms with E-state index in [9.17, 15) is 4.79 Å². The number of amides is 1. The van der Waals surface area contributed by atoms with Crippen LogP contribution in [-0.4, -0.2) is 41.7 Å². The van der Waals surface area contributed by atoms with Gasteiger partial charge in [0, 0.05) is 19.7 Å². The molecule has 0 saturated heterocycles. The summed E-state index contributed by atoms with van der Waals surface area (Å²) in [4.78, 5) is 17.4. The van der Waals surface area contributed by atoms with Crippen molar-refractivity contribution in [1.29, 1.82) is 0 Å². The Balaban J connectivity index is 2.08. The third kappa shape index (κ3) is 3.42. The molecule has 0 fully saturated rings. The van der Waals surface area contributed by atoms with Crippen molar-refractivity contribution in [3.63, 3.8) is 0 Å². The third-order valence-electron chi connectivity index (χ3n) is 2.81. The molecule has 1 aromatic heterocycles. The maximum atomic E-state index is 11.6. The van der Waals surface area contributed by atoms with Gasteiger partial charge in [-0.2, -0.15) is 4.98 Å². The minimum absolute atomic E-state index is 0.0371. The SMILES string of the molecule is COCC(=O)N(C)Cc1nc(-c2cccc(C)c2)no1. The summed E-state index contributed by atoms with van der Waals surface area (Å²) in [5.41, 5.74) is 2.02. The normalized spacial score (nSPS) is 10.6. The van der Waals surface area contributed by atoms with Gasteiger partial charge in [-0.1, -0.05) is 28.9 Å². The van der Waals surface area contributed by atoms with Crippen LogP contribution < -0.4 is 0 Å². The highest BCUT2D eigenvalue weighted by atomic mass is 16.5. The average molecular weight is 275 g/mol. The number of aryl methyl sites for hydroxylation is 1. The van der Waals surface area contributed by atoms with Gasteiger partial charge in [0.05, 0.1) is 6.54 Å². The fourth-order valence-corrected chi connectivity index (χ4v) is 1.75. The van der Waals surface area contributed by atoms with Crippen molar-refractivity contribution in [2.45, 2.75) is 13.5 Å². The van der Waals surface area contributed by atoms with E-state index in [1.165, 1.54) is 12.0 Å². The lowest BCUT2D eigenvalue weighted by Gasteiger charge is -2.13. The van der Waals surface area contributed by atoms with Crippen molar-refractivity contribution in [1.82, 2.24) is 15.0 Å². The number of likely N-dealkylation sites (N-methyl/N-ethyl adjacent to an activating group) is 1.